The fourth-order valence-electron chi connectivity index (χ4n) is 3.94. The van der Waals surface area contributed by atoms with Gasteiger partial charge in [0.05, 0.1) is 19.6 Å². The molecule has 0 saturated heterocycles. The molecule has 0 bridgehead atoms. The van der Waals surface area contributed by atoms with Crippen LogP contribution in [-0.4, -0.2) is 55.3 Å². The Morgan fingerprint density at radius 2 is 1.59 bits per heavy atom. The summed E-state index contributed by atoms with van der Waals surface area (Å²) in [6, 6.07) is 11.0. The molecule has 6 nitrogen and oxygen atoms in total. The lowest BCUT2D eigenvalue weighted by molar-refractivity contribution is -0.896. The number of rotatable bonds is 10. The third-order valence-corrected chi connectivity index (χ3v) is 5.67. The van der Waals surface area contributed by atoms with Gasteiger partial charge in [-0.3, -0.25) is 19.3 Å². The van der Waals surface area contributed by atoms with E-state index in [-0.39, 0.29) is 24.3 Å². The predicted molar refractivity (Wildman–Crippen MR) is 113 cm³/mol. The minimum absolute atomic E-state index is 0.0287. The van der Waals surface area contributed by atoms with E-state index in [0.29, 0.717) is 30.5 Å². The van der Waals surface area contributed by atoms with Crippen molar-refractivity contribution in [3.05, 3.63) is 47.5 Å². The van der Waals surface area contributed by atoms with Crippen molar-refractivity contribution in [1.82, 2.24) is 10.2 Å². The number of nitrogens with zero attached hydrogens (tertiary/aromatic N) is 1. The first-order valence-electron chi connectivity index (χ1n) is 10.5. The van der Waals surface area contributed by atoms with E-state index >= 15 is 0 Å². The van der Waals surface area contributed by atoms with Crippen LogP contribution in [0.5, 0.6) is 0 Å². The lowest BCUT2D eigenvalue weighted by atomic mass is 9.94. The van der Waals surface area contributed by atoms with E-state index in [1.807, 2.05) is 24.3 Å². The van der Waals surface area contributed by atoms with Crippen LogP contribution in [0.1, 0.15) is 53.8 Å². The van der Waals surface area contributed by atoms with Crippen LogP contribution in [0.3, 0.4) is 0 Å². The van der Waals surface area contributed by atoms with Crippen LogP contribution in [0.4, 0.5) is 0 Å². The standard InChI is InChI=1S/C23H29N3O3/c1-3-25(4-2)15-8-14-24-20(27)13-7-16-26-22(28)18-11-5-9-17-10-6-12-19(21(17)18)23(26)29/h5-6,9-12H,3-4,7-8,13-16H2,1-2H3,(H,24,27)/p+1. The maximum absolute atomic E-state index is 12.8. The molecule has 29 heavy (non-hydrogen) atoms. The van der Waals surface area contributed by atoms with Gasteiger partial charge >= 0.3 is 0 Å². The minimum Gasteiger partial charge on any atom is -0.356 e. The van der Waals surface area contributed by atoms with Gasteiger partial charge in [0.1, 0.15) is 0 Å². The molecule has 3 amide bonds. The maximum atomic E-state index is 12.8. The smallest absolute Gasteiger partial charge is 0.261 e. The number of carbonyl (C=O) groups is 3. The zero-order valence-electron chi connectivity index (χ0n) is 17.3. The highest BCUT2D eigenvalue weighted by atomic mass is 16.2. The molecule has 2 aromatic rings. The number of carbonyl (C=O) groups excluding carboxylic acids is 3. The van der Waals surface area contributed by atoms with Crippen molar-refractivity contribution in [2.24, 2.45) is 0 Å². The molecule has 1 heterocycles. The number of benzene rings is 2. The number of hydrogen-bond acceptors (Lipinski definition) is 3. The Hall–Kier alpha value is -2.73. The van der Waals surface area contributed by atoms with Gasteiger partial charge in [-0.1, -0.05) is 24.3 Å². The van der Waals surface area contributed by atoms with Crippen molar-refractivity contribution in [3.63, 3.8) is 0 Å². The summed E-state index contributed by atoms with van der Waals surface area (Å²) in [4.78, 5) is 40.5. The number of imide groups is 1. The van der Waals surface area contributed by atoms with Crippen molar-refractivity contribution in [3.8, 4) is 0 Å². The van der Waals surface area contributed by atoms with Crippen LogP contribution >= 0.6 is 0 Å². The third kappa shape index (κ3) is 4.65. The summed E-state index contributed by atoms with van der Waals surface area (Å²) in [5, 5.41) is 4.56. The number of amides is 3. The molecule has 2 N–H and O–H groups in total. The van der Waals surface area contributed by atoms with Gasteiger partial charge in [-0.05, 0) is 37.8 Å². The Morgan fingerprint density at radius 1 is 0.966 bits per heavy atom. The Labute approximate surface area is 171 Å². The summed E-state index contributed by atoms with van der Waals surface area (Å²) >= 11 is 0. The van der Waals surface area contributed by atoms with E-state index < -0.39 is 0 Å². The number of nitrogens with one attached hydrogen (secondary N) is 2. The summed E-state index contributed by atoms with van der Waals surface area (Å²) in [6.07, 6.45) is 1.72. The lowest BCUT2D eigenvalue weighted by Gasteiger charge is -2.27. The number of quaternary nitrogens is 1. The Bertz CT molecular complexity index is 855. The van der Waals surface area contributed by atoms with E-state index in [1.54, 1.807) is 12.1 Å². The fourth-order valence-corrected chi connectivity index (χ4v) is 3.94. The largest absolute Gasteiger partial charge is 0.356 e. The van der Waals surface area contributed by atoms with Gasteiger partial charge in [-0.25, -0.2) is 0 Å². The summed E-state index contributed by atoms with van der Waals surface area (Å²) in [7, 11) is 0. The Morgan fingerprint density at radius 3 is 2.17 bits per heavy atom. The molecule has 154 valence electrons. The second-order valence-electron chi connectivity index (χ2n) is 7.49. The summed E-state index contributed by atoms with van der Waals surface area (Å²) in [5.74, 6) is -0.581. The molecule has 1 aliphatic rings. The van der Waals surface area contributed by atoms with Crippen molar-refractivity contribution < 1.29 is 19.3 Å². The van der Waals surface area contributed by atoms with Crippen LogP contribution in [0, 0.1) is 0 Å². The molecule has 0 radical (unpaired) electrons. The second kappa shape index (κ2) is 9.65. The molecule has 1 aliphatic heterocycles. The average Bonchev–Trinajstić information content (AvgIpc) is 2.74. The summed E-state index contributed by atoms with van der Waals surface area (Å²) in [5.41, 5.74) is 1.11. The van der Waals surface area contributed by atoms with E-state index in [1.165, 1.54) is 9.80 Å². The molecule has 3 rings (SSSR count). The van der Waals surface area contributed by atoms with Crippen LogP contribution in [0.25, 0.3) is 10.8 Å². The molecular weight excluding hydrogens is 366 g/mol. The first kappa shape index (κ1) is 21.0. The molecule has 0 fully saturated rings. The van der Waals surface area contributed by atoms with Gasteiger partial charge in [0.25, 0.3) is 11.8 Å². The summed E-state index contributed by atoms with van der Waals surface area (Å²) in [6.45, 7) is 8.49. The zero-order chi connectivity index (χ0) is 20.8. The molecule has 0 atom stereocenters. The predicted octanol–water partition coefficient (Wildman–Crippen LogP) is 1.65. The highest BCUT2D eigenvalue weighted by Gasteiger charge is 2.32. The van der Waals surface area contributed by atoms with Gasteiger partial charge in [-0.15, -0.1) is 0 Å². The first-order valence-corrected chi connectivity index (χ1v) is 10.5. The minimum atomic E-state index is -0.276. The zero-order valence-corrected chi connectivity index (χ0v) is 17.3. The van der Waals surface area contributed by atoms with Gasteiger partial charge in [-0.2, -0.15) is 0 Å². The highest BCUT2D eigenvalue weighted by Crippen LogP contribution is 2.29. The van der Waals surface area contributed by atoms with E-state index in [9.17, 15) is 14.4 Å². The monoisotopic (exact) mass is 396 g/mol. The third-order valence-electron chi connectivity index (χ3n) is 5.67. The van der Waals surface area contributed by atoms with Crippen LogP contribution in [-0.2, 0) is 4.79 Å². The van der Waals surface area contributed by atoms with E-state index in [2.05, 4.69) is 19.2 Å². The SMILES string of the molecule is CC[NH+](CC)CCCNC(=O)CCCN1C(=O)c2cccc3cccc(c23)C1=O. The molecule has 0 unspecified atom stereocenters. The normalized spacial score (nSPS) is 13.4. The van der Waals surface area contributed by atoms with Gasteiger partial charge < -0.3 is 10.2 Å². The highest BCUT2D eigenvalue weighted by molar-refractivity contribution is 6.25. The van der Waals surface area contributed by atoms with Crippen LogP contribution in [0.15, 0.2) is 36.4 Å². The average molecular weight is 397 g/mol. The van der Waals surface area contributed by atoms with Gasteiger partial charge in [0, 0.05) is 42.4 Å². The quantitative estimate of drug-likeness (QED) is 0.474. The molecule has 2 aromatic carbocycles. The molecule has 0 saturated carbocycles. The molecule has 0 aliphatic carbocycles. The van der Waals surface area contributed by atoms with Crippen LogP contribution in [0.2, 0.25) is 0 Å². The molecule has 0 spiro atoms. The summed E-state index contributed by atoms with van der Waals surface area (Å²) < 4.78 is 0. The molecule has 6 heteroatoms. The fraction of sp³-hybridized carbons (Fsp3) is 0.435. The van der Waals surface area contributed by atoms with Crippen LogP contribution < -0.4 is 10.2 Å². The first-order chi connectivity index (χ1) is 14.1. The van der Waals surface area contributed by atoms with E-state index in [4.69, 9.17) is 0 Å². The van der Waals surface area contributed by atoms with Gasteiger partial charge in [0.2, 0.25) is 5.91 Å². The molecular formula is C23H30N3O3+. The lowest BCUT2D eigenvalue weighted by Crippen LogP contribution is -3.11. The molecule has 0 aromatic heterocycles. The van der Waals surface area contributed by atoms with Crippen molar-refractivity contribution in [2.45, 2.75) is 33.1 Å². The Balaban J connectivity index is 1.51. The van der Waals surface area contributed by atoms with Crippen molar-refractivity contribution >= 4 is 28.5 Å². The van der Waals surface area contributed by atoms with Gasteiger partial charge in [0.15, 0.2) is 0 Å². The van der Waals surface area contributed by atoms with E-state index in [0.717, 1.165) is 36.8 Å². The Kier molecular flexibility index (Phi) is 6.99. The maximum Gasteiger partial charge on any atom is 0.261 e. The van der Waals surface area contributed by atoms with Crippen molar-refractivity contribution in [1.29, 1.82) is 0 Å². The topological polar surface area (TPSA) is 70.9 Å². The second-order valence-corrected chi connectivity index (χ2v) is 7.49. The van der Waals surface area contributed by atoms with Crippen molar-refractivity contribution in [2.75, 3.05) is 32.7 Å². The number of hydrogen-bond donors (Lipinski definition) is 2.